The zero-order valence-corrected chi connectivity index (χ0v) is 14.1. The van der Waals surface area contributed by atoms with Crippen LogP contribution < -0.4 is 11.1 Å². The molecule has 0 amide bonds. The minimum atomic E-state index is -3.50. The lowest BCUT2D eigenvalue weighted by atomic mass is 10.2. The van der Waals surface area contributed by atoms with Crippen molar-refractivity contribution in [3.05, 3.63) is 27.3 Å². The summed E-state index contributed by atoms with van der Waals surface area (Å²) < 4.78 is 23.9. The first-order valence-electron chi connectivity index (χ1n) is 6.26. The molecule has 0 aliphatic carbocycles. The molecule has 3 N–H and O–H groups in total. The molecule has 0 atom stereocenters. The molecule has 0 aliphatic rings. The van der Waals surface area contributed by atoms with E-state index >= 15 is 0 Å². The Kier molecular flexibility index (Phi) is 4.70. The number of hydrogen-bond acceptors (Lipinski definition) is 7. The SMILES string of the molecule is CCC(=O)c1sc(NCc2cccs2)c(S(C)(=O)=O)c1N. The maximum absolute atomic E-state index is 11.9. The Hall–Kier alpha value is -1.38. The van der Waals surface area contributed by atoms with Gasteiger partial charge in [-0.1, -0.05) is 13.0 Å². The first-order valence-corrected chi connectivity index (χ1v) is 9.85. The summed E-state index contributed by atoms with van der Waals surface area (Å²) in [6, 6.07) is 3.88. The van der Waals surface area contributed by atoms with Gasteiger partial charge in [0.25, 0.3) is 0 Å². The number of carbonyl (C=O) groups excluding carboxylic acids is 1. The van der Waals surface area contributed by atoms with Gasteiger partial charge in [-0.15, -0.1) is 22.7 Å². The van der Waals surface area contributed by atoms with Crippen molar-refractivity contribution in [2.24, 2.45) is 0 Å². The molecule has 0 aliphatic heterocycles. The van der Waals surface area contributed by atoms with Crippen LogP contribution in [0.25, 0.3) is 0 Å². The normalized spacial score (nSPS) is 11.5. The highest BCUT2D eigenvalue weighted by atomic mass is 32.2. The van der Waals surface area contributed by atoms with Crippen LogP contribution in [0.2, 0.25) is 0 Å². The van der Waals surface area contributed by atoms with Gasteiger partial charge in [-0.05, 0) is 11.4 Å². The predicted octanol–water partition coefficient (Wildman–Crippen LogP) is 3.00. The van der Waals surface area contributed by atoms with Crippen LogP contribution in [0.5, 0.6) is 0 Å². The van der Waals surface area contributed by atoms with Gasteiger partial charge in [-0.2, -0.15) is 0 Å². The van der Waals surface area contributed by atoms with Gasteiger partial charge in [0.15, 0.2) is 15.6 Å². The Morgan fingerprint density at radius 2 is 2.14 bits per heavy atom. The van der Waals surface area contributed by atoms with Crippen molar-refractivity contribution in [3.63, 3.8) is 0 Å². The maximum atomic E-state index is 11.9. The Labute approximate surface area is 131 Å². The average molecular weight is 344 g/mol. The van der Waals surface area contributed by atoms with Crippen LogP contribution >= 0.6 is 22.7 Å². The van der Waals surface area contributed by atoms with Gasteiger partial charge in [-0.3, -0.25) is 4.79 Å². The van der Waals surface area contributed by atoms with Crippen molar-refractivity contribution in [1.82, 2.24) is 0 Å². The number of anilines is 2. The second kappa shape index (κ2) is 6.17. The molecular formula is C13H16N2O3S3. The van der Waals surface area contributed by atoms with E-state index in [1.807, 2.05) is 17.5 Å². The van der Waals surface area contributed by atoms with E-state index in [9.17, 15) is 13.2 Å². The highest BCUT2D eigenvalue weighted by molar-refractivity contribution is 7.91. The minimum absolute atomic E-state index is 0.0286. The molecule has 8 heteroatoms. The van der Waals surface area contributed by atoms with Crippen molar-refractivity contribution in [2.45, 2.75) is 24.8 Å². The third-order valence-corrected chi connectivity index (χ3v) is 6.22. The van der Waals surface area contributed by atoms with Crippen LogP contribution in [0, 0.1) is 0 Å². The quantitative estimate of drug-likeness (QED) is 0.786. The minimum Gasteiger partial charge on any atom is -0.396 e. The van der Waals surface area contributed by atoms with Gasteiger partial charge in [0, 0.05) is 17.6 Å². The van der Waals surface area contributed by atoms with Crippen LogP contribution in [0.15, 0.2) is 22.4 Å². The fraction of sp³-hybridized carbons (Fsp3) is 0.308. The smallest absolute Gasteiger partial charge is 0.180 e. The number of Topliss-reactive ketones (excluding diaryl/α,β-unsaturated/α-hetero) is 1. The predicted molar refractivity (Wildman–Crippen MR) is 88.1 cm³/mol. The lowest BCUT2D eigenvalue weighted by Crippen LogP contribution is -2.06. The topological polar surface area (TPSA) is 89.3 Å². The van der Waals surface area contributed by atoms with Crippen LogP contribution in [0.4, 0.5) is 10.7 Å². The van der Waals surface area contributed by atoms with Crippen LogP contribution in [-0.4, -0.2) is 20.5 Å². The van der Waals surface area contributed by atoms with E-state index in [4.69, 9.17) is 5.73 Å². The summed E-state index contributed by atoms with van der Waals surface area (Å²) in [5.74, 6) is -0.147. The van der Waals surface area contributed by atoms with E-state index in [2.05, 4.69) is 5.32 Å². The summed E-state index contributed by atoms with van der Waals surface area (Å²) in [6.07, 6.45) is 1.39. The summed E-state index contributed by atoms with van der Waals surface area (Å²) in [5.41, 5.74) is 5.95. The van der Waals surface area contributed by atoms with Gasteiger partial charge in [-0.25, -0.2) is 8.42 Å². The van der Waals surface area contributed by atoms with Crippen molar-refractivity contribution in [3.8, 4) is 0 Å². The second-order valence-corrected chi connectivity index (χ2v) is 8.49. The first-order chi connectivity index (χ1) is 9.84. The maximum Gasteiger partial charge on any atom is 0.180 e. The molecule has 21 heavy (non-hydrogen) atoms. The van der Waals surface area contributed by atoms with E-state index in [0.717, 1.165) is 22.5 Å². The summed E-state index contributed by atoms with van der Waals surface area (Å²) in [4.78, 5) is 13.3. The van der Waals surface area contributed by atoms with Gasteiger partial charge < -0.3 is 11.1 Å². The van der Waals surface area contributed by atoms with Crippen molar-refractivity contribution >= 4 is 49.0 Å². The number of hydrogen-bond donors (Lipinski definition) is 2. The lowest BCUT2D eigenvalue weighted by molar-refractivity contribution is 0.0992. The fourth-order valence-corrected chi connectivity index (χ4v) is 5.08. The monoisotopic (exact) mass is 344 g/mol. The van der Waals surface area contributed by atoms with Crippen molar-refractivity contribution in [1.29, 1.82) is 0 Å². The van der Waals surface area contributed by atoms with E-state index in [1.165, 1.54) is 0 Å². The zero-order chi connectivity index (χ0) is 15.6. The van der Waals surface area contributed by atoms with Crippen LogP contribution in [-0.2, 0) is 16.4 Å². The fourth-order valence-electron chi connectivity index (χ4n) is 1.86. The molecule has 2 aromatic heterocycles. The number of ketones is 1. The molecule has 0 aromatic carbocycles. The standard InChI is InChI=1S/C13H16N2O3S3/c1-3-9(16)11-10(14)12(21(2,17)18)13(20-11)15-7-8-5-4-6-19-8/h4-6,15H,3,7,14H2,1-2H3. The number of carbonyl (C=O) groups is 1. The van der Waals surface area contributed by atoms with E-state index in [0.29, 0.717) is 16.4 Å². The Morgan fingerprint density at radius 1 is 1.43 bits per heavy atom. The number of sulfone groups is 1. The van der Waals surface area contributed by atoms with Gasteiger partial charge in [0.2, 0.25) is 0 Å². The van der Waals surface area contributed by atoms with Gasteiger partial charge in [0.1, 0.15) is 9.90 Å². The summed E-state index contributed by atoms with van der Waals surface area (Å²) >= 11 is 2.68. The Bertz CT molecular complexity index is 746. The number of nitrogens with one attached hydrogen (secondary N) is 1. The molecule has 2 rings (SSSR count). The number of rotatable bonds is 6. The molecule has 2 aromatic rings. The highest BCUT2D eigenvalue weighted by Gasteiger charge is 2.26. The van der Waals surface area contributed by atoms with Gasteiger partial charge >= 0.3 is 0 Å². The van der Waals surface area contributed by atoms with Crippen LogP contribution in [0.1, 0.15) is 27.9 Å². The molecule has 0 radical (unpaired) electrons. The molecule has 0 spiro atoms. The van der Waals surface area contributed by atoms with Crippen molar-refractivity contribution in [2.75, 3.05) is 17.3 Å². The third kappa shape index (κ3) is 3.45. The molecule has 0 bridgehead atoms. The highest BCUT2D eigenvalue weighted by Crippen LogP contribution is 2.40. The Balaban J connectivity index is 2.41. The molecule has 2 heterocycles. The van der Waals surface area contributed by atoms with E-state index in [1.54, 1.807) is 18.3 Å². The van der Waals surface area contributed by atoms with Crippen molar-refractivity contribution < 1.29 is 13.2 Å². The Morgan fingerprint density at radius 3 is 2.67 bits per heavy atom. The molecule has 114 valence electrons. The number of thiophene rings is 2. The molecule has 5 nitrogen and oxygen atoms in total. The molecule has 0 saturated heterocycles. The van der Waals surface area contributed by atoms with Gasteiger partial charge in [0.05, 0.1) is 17.1 Å². The van der Waals surface area contributed by atoms with Crippen LogP contribution in [0.3, 0.4) is 0 Å². The number of nitrogens with two attached hydrogens (primary N) is 1. The molecule has 0 unspecified atom stereocenters. The first kappa shape index (κ1) is 16.0. The molecule has 0 saturated carbocycles. The third-order valence-electron chi connectivity index (χ3n) is 2.85. The molecule has 0 fully saturated rings. The summed E-state index contributed by atoms with van der Waals surface area (Å²) in [5, 5.41) is 5.46. The number of nitrogen functional groups attached to an aromatic ring is 1. The van der Waals surface area contributed by atoms with E-state index < -0.39 is 9.84 Å². The van der Waals surface area contributed by atoms with E-state index in [-0.39, 0.29) is 22.8 Å². The lowest BCUT2D eigenvalue weighted by Gasteiger charge is -2.05. The zero-order valence-electron chi connectivity index (χ0n) is 11.7. The summed E-state index contributed by atoms with van der Waals surface area (Å²) in [7, 11) is -3.50. The second-order valence-electron chi connectivity index (χ2n) is 4.48. The summed E-state index contributed by atoms with van der Waals surface area (Å²) in [6.45, 7) is 2.22. The average Bonchev–Trinajstić information content (AvgIpc) is 3.02. The molecular weight excluding hydrogens is 328 g/mol. The largest absolute Gasteiger partial charge is 0.396 e.